The van der Waals surface area contributed by atoms with Crippen LogP contribution in [0.1, 0.15) is 50.3 Å². The maximum absolute atomic E-state index is 12.5. The third-order valence-electron chi connectivity index (χ3n) is 6.36. The first-order valence-electron chi connectivity index (χ1n) is 10.7. The number of amides is 3. The van der Waals surface area contributed by atoms with E-state index < -0.39 is 0 Å². The Morgan fingerprint density at radius 2 is 1.79 bits per heavy atom. The summed E-state index contributed by atoms with van der Waals surface area (Å²) >= 11 is 0. The van der Waals surface area contributed by atoms with E-state index in [-0.39, 0.29) is 48.6 Å². The van der Waals surface area contributed by atoms with Gasteiger partial charge in [0.1, 0.15) is 5.76 Å². The molecule has 2 aliphatic heterocycles. The van der Waals surface area contributed by atoms with Crippen molar-refractivity contribution in [3.63, 3.8) is 0 Å². The summed E-state index contributed by atoms with van der Waals surface area (Å²) in [6.07, 6.45) is 10.5. The third kappa shape index (κ3) is 4.29. The molecule has 2 fully saturated rings. The summed E-state index contributed by atoms with van der Waals surface area (Å²) in [7, 11) is 0. The summed E-state index contributed by atoms with van der Waals surface area (Å²) in [6, 6.07) is 3.83. The molecule has 0 radical (unpaired) electrons. The van der Waals surface area contributed by atoms with Crippen molar-refractivity contribution in [1.29, 1.82) is 0 Å². The van der Waals surface area contributed by atoms with E-state index in [0.29, 0.717) is 19.4 Å². The number of piperidine rings is 1. The molecule has 3 heterocycles. The molecular weight excluding hydrogens is 370 g/mol. The molecule has 3 atom stereocenters. The van der Waals surface area contributed by atoms with Crippen LogP contribution in [0, 0.1) is 11.8 Å². The van der Waals surface area contributed by atoms with Crippen molar-refractivity contribution in [3.8, 4) is 0 Å². The molecule has 0 aromatic carbocycles. The number of likely N-dealkylation sites (tertiary alicyclic amines) is 2. The summed E-state index contributed by atoms with van der Waals surface area (Å²) in [6.45, 7) is 2.61. The van der Waals surface area contributed by atoms with Crippen LogP contribution in [-0.4, -0.2) is 53.7 Å². The molecule has 3 amide bonds. The van der Waals surface area contributed by atoms with Gasteiger partial charge in [-0.1, -0.05) is 18.6 Å². The first-order chi connectivity index (χ1) is 14.1. The molecule has 29 heavy (non-hydrogen) atoms. The average molecular weight is 399 g/mol. The summed E-state index contributed by atoms with van der Waals surface area (Å²) in [4.78, 5) is 41.1. The van der Waals surface area contributed by atoms with E-state index in [1.54, 1.807) is 6.26 Å². The highest BCUT2D eigenvalue weighted by molar-refractivity contribution is 6.05. The van der Waals surface area contributed by atoms with Gasteiger partial charge >= 0.3 is 0 Å². The highest BCUT2D eigenvalue weighted by atomic mass is 16.3. The van der Waals surface area contributed by atoms with Crippen molar-refractivity contribution < 1.29 is 18.8 Å². The summed E-state index contributed by atoms with van der Waals surface area (Å²) in [5.41, 5.74) is 0. The second-order valence-corrected chi connectivity index (χ2v) is 8.17. The van der Waals surface area contributed by atoms with Gasteiger partial charge in [0.2, 0.25) is 17.7 Å². The number of nitrogens with one attached hydrogen (secondary N) is 1. The zero-order valence-electron chi connectivity index (χ0n) is 16.7. The van der Waals surface area contributed by atoms with Crippen molar-refractivity contribution >= 4 is 17.7 Å². The van der Waals surface area contributed by atoms with Gasteiger partial charge in [0, 0.05) is 19.5 Å². The Morgan fingerprint density at radius 3 is 2.41 bits per heavy atom. The summed E-state index contributed by atoms with van der Waals surface area (Å²) in [5.74, 6) is -0.0188. The zero-order valence-corrected chi connectivity index (χ0v) is 16.7. The number of hydrogen-bond acceptors (Lipinski definition) is 5. The van der Waals surface area contributed by atoms with Gasteiger partial charge in [-0.3, -0.25) is 24.2 Å². The first kappa shape index (κ1) is 19.9. The second kappa shape index (κ2) is 8.95. The zero-order chi connectivity index (χ0) is 20.2. The minimum atomic E-state index is -0.238. The number of furan rings is 1. The molecule has 0 saturated carbocycles. The number of allylic oxidation sites excluding steroid dienone is 2. The van der Waals surface area contributed by atoms with Gasteiger partial charge in [-0.2, -0.15) is 0 Å². The van der Waals surface area contributed by atoms with Gasteiger partial charge in [-0.05, 0) is 50.9 Å². The number of fused-ring (bicyclic) bond motifs is 1. The lowest BCUT2D eigenvalue weighted by molar-refractivity contribution is -0.140. The first-order valence-corrected chi connectivity index (χ1v) is 10.7. The van der Waals surface area contributed by atoms with Gasteiger partial charge < -0.3 is 9.73 Å². The fraction of sp³-hybridized carbons (Fsp3) is 0.591. The van der Waals surface area contributed by atoms with Gasteiger partial charge in [0.15, 0.2) is 0 Å². The van der Waals surface area contributed by atoms with Gasteiger partial charge in [-0.15, -0.1) is 0 Å². The Kier molecular flexibility index (Phi) is 6.13. The van der Waals surface area contributed by atoms with Crippen LogP contribution < -0.4 is 5.32 Å². The van der Waals surface area contributed by atoms with E-state index in [4.69, 9.17) is 4.42 Å². The molecule has 7 heteroatoms. The normalized spacial score (nSPS) is 25.9. The molecular formula is C22H29N3O4. The molecule has 4 rings (SSSR count). The van der Waals surface area contributed by atoms with Gasteiger partial charge in [0.05, 0.1) is 24.1 Å². The molecule has 7 nitrogen and oxygen atoms in total. The number of hydrogen-bond donors (Lipinski definition) is 1. The van der Waals surface area contributed by atoms with E-state index in [1.165, 1.54) is 11.3 Å². The van der Waals surface area contributed by atoms with Crippen LogP contribution in [0.15, 0.2) is 35.0 Å². The predicted molar refractivity (Wildman–Crippen MR) is 107 cm³/mol. The SMILES string of the molecule is O=C(CCN1C(=O)[C@@H]2CC=CC[C@H]2C1=O)NC[C@H](c1ccco1)N1CCCCC1. The number of carbonyl (C=O) groups is 3. The lowest BCUT2D eigenvalue weighted by atomic mass is 9.85. The van der Waals surface area contributed by atoms with E-state index in [0.717, 1.165) is 31.7 Å². The van der Waals surface area contributed by atoms with Crippen LogP contribution >= 0.6 is 0 Å². The van der Waals surface area contributed by atoms with E-state index in [1.807, 2.05) is 24.3 Å². The van der Waals surface area contributed by atoms with Crippen LogP contribution in [0.25, 0.3) is 0 Å². The Balaban J connectivity index is 1.30. The van der Waals surface area contributed by atoms with Crippen LogP contribution in [0.3, 0.4) is 0 Å². The molecule has 3 aliphatic rings. The predicted octanol–water partition coefficient (Wildman–Crippen LogP) is 2.26. The number of rotatable bonds is 7. The van der Waals surface area contributed by atoms with Crippen molar-refractivity contribution in [2.24, 2.45) is 11.8 Å². The molecule has 1 aromatic rings. The Morgan fingerprint density at radius 1 is 1.10 bits per heavy atom. The largest absolute Gasteiger partial charge is 0.468 e. The standard InChI is InChI=1S/C22H29N3O4/c26-20(10-13-25-21(27)16-7-2-3-8-17(16)22(25)28)23-15-18(19-9-6-14-29-19)24-11-4-1-5-12-24/h2-3,6,9,14,16-18H,1,4-5,7-8,10-13,15H2,(H,23,26)/t16-,17-,18-/m1/s1. The number of imide groups is 1. The van der Waals surface area contributed by atoms with Crippen LogP contribution in [0.4, 0.5) is 0 Å². The highest BCUT2D eigenvalue weighted by Gasteiger charge is 2.46. The molecule has 0 bridgehead atoms. The van der Waals surface area contributed by atoms with Gasteiger partial charge in [0.25, 0.3) is 0 Å². The topological polar surface area (TPSA) is 82.9 Å². The highest BCUT2D eigenvalue weighted by Crippen LogP contribution is 2.35. The maximum atomic E-state index is 12.5. The van der Waals surface area contributed by atoms with E-state index in [9.17, 15) is 14.4 Å². The Hall–Kier alpha value is -2.41. The molecule has 1 aliphatic carbocycles. The summed E-state index contributed by atoms with van der Waals surface area (Å²) in [5, 5.41) is 2.98. The summed E-state index contributed by atoms with van der Waals surface area (Å²) < 4.78 is 5.61. The Labute approximate surface area is 171 Å². The molecule has 2 saturated heterocycles. The maximum Gasteiger partial charge on any atom is 0.233 e. The van der Waals surface area contributed by atoms with Crippen LogP contribution in [0.2, 0.25) is 0 Å². The smallest absolute Gasteiger partial charge is 0.233 e. The second-order valence-electron chi connectivity index (χ2n) is 8.17. The van der Waals surface area contributed by atoms with Crippen molar-refractivity contribution in [3.05, 3.63) is 36.3 Å². The van der Waals surface area contributed by atoms with Crippen molar-refractivity contribution in [1.82, 2.24) is 15.1 Å². The minimum absolute atomic E-state index is 0.0123. The fourth-order valence-corrected chi connectivity index (χ4v) is 4.72. The lowest BCUT2D eigenvalue weighted by Gasteiger charge is -2.33. The third-order valence-corrected chi connectivity index (χ3v) is 6.36. The molecule has 156 valence electrons. The fourth-order valence-electron chi connectivity index (χ4n) is 4.72. The van der Waals surface area contributed by atoms with Crippen LogP contribution in [-0.2, 0) is 14.4 Å². The molecule has 1 N–H and O–H groups in total. The molecule has 0 unspecified atom stereocenters. The average Bonchev–Trinajstić information content (AvgIpc) is 3.36. The minimum Gasteiger partial charge on any atom is -0.468 e. The van der Waals surface area contributed by atoms with E-state index >= 15 is 0 Å². The quantitative estimate of drug-likeness (QED) is 0.562. The van der Waals surface area contributed by atoms with Crippen molar-refractivity contribution in [2.45, 2.75) is 44.6 Å². The van der Waals surface area contributed by atoms with E-state index in [2.05, 4.69) is 10.2 Å². The number of carbonyl (C=O) groups excluding carboxylic acids is 3. The molecule has 0 spiro atoms. The molecule has 1 aromatic heterocycles. The Bertz CT molecular complexity index is 741. The number of nitrogens with zero attached hydrogens (tertiary/aromatic N) is 2. The van der Waals surface area contributed by atoms with Crippen LogP contribution in [0.5, 0.6) is 0 Å². The lowest BCUT2D eigenvalue weighted by Crippen LogP contribution is -2.41. The monoisotopic (exact) mass is 399 g/mol. The van der Waals surface area contributed by atoms with Gasteiger partial charge in [-0.25, -0.2) is 0 Å². The van der Waals surface area contributed by atoms with Crippen molar-refractivity contribution in [2.75, 3.05) is 26.2 Å².